The second-order valence-electron chi connectivity index (χ2n) is 7.02. The van der Waals surface area contributed by atoms with E-state index in [1.54, 1.807) is 6.26 Å². The monoisotopic (exact) mass is 368 g/mol. The van der Waals surface area contributed by atoms with E-state index in [2.05, 4.69) is 17.0 Å². The Balaban J connectivity index is 1.53. The van der Waals surface area contributed by atoms with Crippen LogP contribution in [0.5, 0.6) is 0 Å². The number of ether oxygens (including phenoxy) is 1. The van der Waals surface area contributed by atoms with Gasteiger partial charge in [-0.2, -0.15) is 0 Å². The lowest BCUT2D eigenvalue weighted by atomic mass is 9.82. The van der Waals surface area contributed by atoms with Crippen LogP contribution in [0.2, 0.25) is 0 Å². The van der Waals surface area contributed by atoms with Crippen molar-refractivity contribution in [1.29, 1.82) is 0 Å². The fourth-order valence-electron chi connectivity index (χ4n) is 4.08. The summed E-state index contributed by atoms with van der Waals surface area (Å²) >= 11 is 1.53. The molecule has 4 heterocycles. The topological polar surface area (TPSA) is 38.5 Å². The van der Waals surface area contributed by atoms with Gasteiger partial charge in [-0.1, -0.05) is 5.16 Å². The molecule has 0 radical (unpaired) electrons. The molecule has 0 bridgehead atoms. The van der Waals surface area contributed by atoms with E-state index >= 15 is 0 Å². The Bertz CT molecular complexity index is 719. The third-order valence-electron chi connectivity index (χ3n) is 5.29. The van der Waals surface area contributed by atoms with E-state index in [0.717, 1.165) is 42.9 Å². The summed E-state index contributed by atoms with van der Waals surface area (Å²) in [7, 11) is 0. The molecule has 2 aromatic rings. The van der Waals surface area contributed by atoms with Crippen LogP contribution in [0.25, 0.3) is 0 Å². The molecular weight excluding hydrogens is 346 g/mol. The van der Waals surface area contributed by atoms with Crippen molar-refractivity contribution in [3.05, 3.63) is 39.4 Å². The second kappa shape index (κ2) is 6.78. The first-order chi connectivity index (χ1) is 12.1. The van der Waals surface area contributed by atoms with Gasteiger partial charge in [0.05, 0.1) is 12.3 Å². The van der Waals surface area contributed by atoms with E-state index in [9.17, 15) is 8.78 Å². The lowest BCUT2D eigenvalue weighted by Crippen LogP contribution is -2.49. The van der Waals surface area contributed by atoms with Crippen molar-refractivity contribution in [2.45, 2.75) is 57.2 Å². The highest BCUT2D eigenvalue weighted by Crippen LogP contribution is 2.47. The number of piperidine rings is 1. The number of rotatable bonds is 4. The third-order valence-corrected chi connectivity index (χ3v) is 6.67. The highest BCUT2D eigenvalue weighted by atomic mass is 32.1. The van der Waals surface area contributed by atoms with Gasteiger partial charge in [0.2, 0.25) is 6.43 Å². The largest absolute Gasteiger partial charge is 0.369 e. The van der Waals surface area contributed by atoms with Crippen LogP contribution in [0, 0.1) is 0 Å². The van der Waals surface area contributed by atoms with Gasteiger partial charge in [-0.25, -0.2) is 8.78 Å². The predicted molar refractivity (Wildman–Crippen MR) is 91.0 cm³/mol. The molecule has 0 N–H and O–H groups in total. The first kappa shape index (κ1) is 17.1. The summed E-state index contributed by atoms with van der Waals surface area (Å²) in [6.45, 7) is 4.54. The van der Waals surface area contributed by atoms with Crippen LogP contribution in [-0.2, 0) is 29.7 Å². The van der Waals surface area contributed by atoms with Gasteiger partial charge >= 0.3 is 0 Å². The van der Waals surface area contributed by atoms with Crippen molar-refractivity contribution in [1.82, 2.24) is 10.1 Å². The summed E-state index contributed by atoms with van der Waals surface area (Å²) in [6, 6.07) is 4.20. The zero-order valence-corrected chi connectivity index (χ0v) is 15.0. The van der Waals surface area contributed by atoms with Crippen LogP contribution in [0.3, 0.4) is 0 Å². The molecule has 2 aliphatic rings. The highest BCUT2D eigenvalue weighted by Gasteiger charge is 2.45. The number of hydrogen-bond acceptors (Lipinski definition) is 5. The number of likely N-dealkylation sites (tertiary alicyclic amines) is 1. The summed E-state index contributed by atoms with van der Waals surface area (Å²) in [5, 5.41) is 4.00. The van der Waals surface area contributed by atoms with Gasteiger partial charge in [-0.15, -0.1) is 11.3 Å². The van der Waals surface area contributed by atoms with Crippen molar-refractivity contribution in [3.8, 4) is 0 Å². The van der Waals surface area contributed by atoms with Crippen molar-refractivity contribution in [2.24, 2.45) is 0 Å². The quantitative estimate of drug-likeness (QED) is 0.818. The molecular formula is C18H22F2N2O2S. The molecule has 0 aliphatic carbocycles. The molecule has 2 aliphatic heterocycles. The highest BCUT2D eigenvalue weighted by molar-refractivity contribution is 7.12. The number of fused-ring (bicyclic) bond motifs is 2. The Morgan fingerprint density at radius 1 is 1.48 bits per heavy atom. The molecule has 0 saturated carbocycles. The smallest absolute Gasteiger partial charge is 0.243 e. The summed E-state index contributed by atoms with van der Waals surface area (Å²) in [5.74, 6) is 0. The molecule has 0 aromatic carbocycles. The Morgan fingerprint density at radius 2 is 2.36 bits per heavy atom. The molecule has 1 fully saturated rings. The Morgan fingerprint density at radius 3 is 3.08 bits per heavy atom. The zero-order valence-electron chi connectivity index (χ0n) is 14.2. The van der Waals surface area contributed by atoms with E-state index in [0.29, 0.717) is 12.6 Å². The van der Waals surface area contributed by atoms with Crippen molar-refractivity contribution in [2.75, 3.05) is 13.2 Å². The molecule has 7 heteroatoms. The Hall–Kier alpha value is -1.31. The molecule has 136 valence electrons. The van der Waals surface area contributed by atoms with Gasteiger partial charge in [0, 0.05) is 41.4 Å². The number of nitrogens with zero attached hydrogens (tertiary/aromatic N) is 2. The maximum absolute atomic E-state index is 12.8. The van der Waals surface area contributed by atoms with E-state index < -0.39 is 6.43 Å². The van der Waals surface area contributed by atoms with Crippen molar-refractivity contribution < 1.29 is 18.0 Å². The molecule has 1 saturated heterocycles. The first-order valence-electron chi connectivity index (χ1n) is 8.73. The minimum atomic E-state index is -2.29. The van der Waals surface area contributed by atoms with Gasteiger partial charge in [-0.05, 0) is 37.8 Å². The maximum Gasteiger partial charge on any atom is 0.243 e. The van der Waals surface area contributed by atoms with Crippen LogP contribution in [-0.4, -0.2) is 35.7 Å². The van der Waals surface area contributed by atoms with Crippen LogP contribution >= 0.6 is 11.3 Å². The predicted octanol–water partition coefficient (Wildman–Crippen LogP) is 4.00. The summed E-state index contributed by atoms with van der Waals surface area (Å²) in [5.41, 5.74) is 1.84. The molecule has 0 unspecified atom stereocenters. The lowest BCUT2D eigenvalue weighted by molar-refractivity contribution is -0.110. The number of thiophene rings is 1. The fraction of sp³-hybridized carbons (Fsp3) is 0.611. The zero-order chi connectivity index (χ0) is 17.4. The number of aromatic nitrogens is 1. The Kier molecular flexibility index (Phi) is 4.64. The van der Waals surface area contributed by atoms with E-state index in [1.165, 1.54) is 21.8 Å². The van der Waals surface area contributed by atoms with Gasteiger partial charge < -0.3 is 9.26 Å². The maximum atomic E-state index is 12.8. The summed E-state index contributed by atoms with van der Waals surface area (Å²) in [6.07, 6.45) is 1.75. The average Bonchev–Trinajstić information content (AvgIpc) is 3.20. The molecule has 4 nitrogen and oxygen atoms in total. The van der Waals surface area contributed by atoms with Crippen LogP contribution < -0.4 is 0 Å². The summed E-state index contributed by atoms with van der Waals surface area (Å²) < 4.78 is 36.7. The molecule has 25 heavy (non-hydrogen) atoms. The fourth-order valence-corrected chi connectivity index (χ4v) is 5.48. The SMILES string of the molecule is C[C@H]1C[C@@]2(CCN1Cc1ccon1)OCCc1cc(CC(F)F)sc12. The molecule has 1 spiro atoms. The average molecular weight is 368 g/mol. The minimum absolute atomic E-state index is 0.151. The number of hydrogen-bond donors (Lipinski definition) is 0. The van der Waals surface area contributed by atoms with Gasteiger partial charge in [-0.3, -0.25) is 4.90 Å². The molecule has 2 aromatic heterocycles. The molecule has 4 rings (SSSR count). The summed E-state index contributed by atoms with van der Waals surface area (Å²) in [4.78, 5) is 4.35. The third kappa shape index (κ3) is 3.37. The van der Waals surface area contributed by atoms with Crippen LogP contribution in [0.15, 0.2) is 22.9 Å². The lowest BCUT2D eigenvalue weighted by Gasteiger charge is -2.46. The van der Waals surface area contributed by atoms with Gasteiger partial charge in [0.25, 0.3) is 0 Å². The van der Waals surface area contributed by atoms with Crippen LogP contribution in [0.1, 0.15) is 40.8 Å². The van der Waals surface area contributed by atoms with E-state index in [-0.39, 0.29) is 12.0 Å². The molecule has 2 atom stereocenters. The van der Waals surface area contributed by atoms with E-state index in [4.69, 9.17) is 9.26 Å². The minimum Gasteiger partial charge on any atom is -0.369 e. The normalized spacial score (nSPS) is 27.1. The Labute approximate surface area is 149 Å². The second-order valence-corrected chi connectivity index (χ2v) is 8.16. The van der Waals surface area contributed by atoms with Crippen LogP contribution in [0.4, 0.5) is 8.78 Å². The van der Waals surface area contributed by atoms with E-state index in [1.807, 2.05) is 12.1 Å². The number of alkyl halides is 2. The van der Waals surface area contributed by atoms with Crippen molar-refractivity contribution in [3.63, 3.8) is 0 Å². The molecule has 0 amide bonds. The van der Waals surface area contributed by atoms with Gasteiger partial charge in [0.1, 0.15) is 11.9 Å². The standard InChI is InChI=1S/C18H22F2N2O2S/c1-12-10-18(4-5-22(12)11-14-3-7-24-21-14)17-13(2-6-23-18)8-15(25-17)9-16(19)20/h3,7-8,12,16H,2,4-6,9-11H2,1H3/t12-,18+/m0/s1. The van der Waals surface area contributed by atoms with Crippen molar-refractivity contribution >= 4 is 11.3 Å². The van der Waals surface area contributed by atoms with Gasteiger partial charge in [0.15, 0.2) is 0 Å². The number of halogens is 2. The first-order valence-corrected chi connectivity index (χ1v) is 9.55.